The number of nitro groups is 1. The van der Waals surface area contributed by atoms with Crippen LogP contribution in [0.15, 0.2) is 36.4 Å². The van der Waals surface area contributed by atoms with Crippen molar-refractivity contribution in [2.24, 2.45) is 0 Å². The molecule has 0 aromatic heterocycles. The highest BCUT2D eigenvalue weighted by molar-refractivity contribution is 9.08. The first-order valence-electron chi connectivity index (χ1n) is 5.92. The van der Waals surface area contributed by atoms with Crippen LogP contribution in [0.5, 0.6) is 5.75 Å². The van der Waals surface area contributed by atoms with Crippen molar-refractivity contribution < 1.29 is 14.1 Å². The van der Waals surface area contributed by atoms with Gasteiger partial charge >= 0.3 is 5.69 Å². The fraction of sp³-hybridized carbons (Fsp3) is 0.143. The molecule has 0 amide bonds. The molecule has 0 aliphatic heterocycles. The molecule has 0 aliphatic rings. The van der Waals surface area contributed by atoms with Gasteiger partial charge in [-0.1, -0.05) is 45.7 Å². The zero-order valence-electron chi connectivity index (χ0n) is 10.7. The van der Waals surface area contributed by atoms with E-state index in [4.69, 9.17) is 16.3 Å². The molecule has 0 saturated carbocycles. The predicted molar refractivity (Wildman–Crippen MR) is 81.5 cm³/mol. The summed E-state index contributed by atoms with van der Waals surface area (Å²) in [5.74, 6) is -0.379. The third kappa shape index (κ3) is 3.51. The highest BCUT2D eigenvalue weighted by atomic mass is 79.9. The molecule has 0 heterocycles. The third-order valence-corrected chi connectivity index (χ3v) is 3.76. The fourth-order valence-electron chi connectivity index (χ4n) is 1.78. The molecule has 2 aromatic rings. The molecule has 0 radical (unpaired) electrons. The highest BCUT2D eigenvalue weighted by Crippen LogP contribution is 2.29. The summed E-state index contributed by atoms with van der Waals surface area (Å²) in [6, 6.07) is 9.12. The van der Waals surface area contributed by atoms with Crippen molar-refractivity contribution >= 4 is 33.2 Å². The maximum atomic E-state index is 13.9. The van der Waals surface area contributed by atoms with Crippen molar-refractivity contribution in [1.82, 2.24) is 0 Å². The second kappa shape index (κ2) is 6.87. The average Bonchev–Trinajstić information content (AvgIpc) is 2.46. The predicted octanol–water partition coefficient (Wildman–Crippen LogP) is 4.86. The SMILES string of the molecule is O=[N+]([O-])c1cccc(COc2cccc(Cl)c2CBr)c1F. The number of nitro benzene ring substituents is 1. The summed E-state index contributed by atoms with van der Waals surface area (Å²) >= 11 is 9.34. The van der Waals surface area contributed by atoms with Crippen LogP contribution in [0.2, 0.25) is 5.02 Å². The van der Waals surface area contributed by atoms with Crippen LogP contribution < -0.4 is 4.74 Å². The molecule has 0 spiro atoms. The Morgan fingerprint density at radius 1 is 1.29 bits per heavy atom. The minimum atomic E-state index is -0.884. The normalized spacial score (nSPS) is 10.4. The molecule has 2 aromatic carbocycles. The molecule has 110 valence electrons. The van der Waals surface area contributed by atoms with Gasteiger partial charge in [-0.25, -0.2) is 0 Å². The molecule has 0 fully saturated rings. The molecular weight excluding hydrogens is 365 g/mol. The van der Waals surface area contributed by atoms with Gasteiger partial charge in [-0.15, -0.1) is 0 Å². The van der Waals surface area contributed by atoms with Gasteiger partial charge in [0.15, 0.2) is 0 Å². The van der Waals surface area contributed by atoms with Crippen LogP contribution in [0.3, 0.4) is 0 Å². The van der Waals surface area contributed by atoms with Gasteiger partial charge in [0.1, 0.15) is 12.4 Å². The topological polar surface area (TPSA) is 52.4 Å². The van der Waals surface area contributed by atoms with Crippen LogP contribution in [0.1, 0.15) is 11.1 Å². The molecular formula is C14H10BrClFNO3. The Kier molecular flexibility index (Phi) is 5.14. The van der Waals surface area contributed by atoms with E-state index in [0.717, 1.165) is 11.6 Å². The molecule has 2 rings (SSSR count). The Bertz CT molecular complexity index is 681. The first kappa shape index (κ1) is 15.7. The summed E-state index contributed by atoms with van der Waals surface area (Å²) in [7, 11) is 0. The monoisotopic (exact) mass is 373 g/mol. The molecule has 0 aliphatic carbocycles. The molecule has 0 bridgehead atoms. The molecule has 0 saturated heterocycles. The van der Waals surface area contributed by atoms with Crippen LogP contribution in [0, 0.1) is 15.9 Å². The van der Waals surface area contributed by atoms with E-state index in [-0.39, 0.29) is 12.2 Å². The van der Waals surface area contributed by atoms with Crippen molar-refractivity contribution in [3.8, 4) is 5.75 Å². The maximum Gasteiger partial charge on any atom is 0.305 e. The highest BCUT2D eigenvalue weighted by Gasteiger charge is 2.17. The van der Waals surface area contributed by atoms with Crippen molar-refractivity contribution in [1.29, 1.82) is 0 Å². The quantitative estimate of drug-likeness (QED) is 0.426. The molecule has 0 unspecified atom stereocenters. The van der Waals surface area contributed by atoms with Crippen LogP contribution in [-0.4, -0.2) is 4.92 Å². The van der Waals surface area contributed by atoms with Crippen molar-refractivity contribution in [2.75, 3.05) is 0 Å². The van der Waals surface area contributed by atoms with Gasteiger partial charge in [0.05, 0.1) is 4.92 Å². The van der Waals surface area contributed by atoms with Crippen LogP contribution in [-0.2, 0) is 11.9 Å². The molecule has 4 nitrogen and oxygen atoms in total. The number of hydrogen-bond acceptors (Lipinski definition) is 3. The van der Waals surface area contributed by atoms with Crippen molar-refractivity contribution in [2.45, 2.75) is 11.9 Å². The summed E-state index contributed by atoms with van der Waals surface area (Å²) in [6.07, 6.45) is 0. The third-order valence-electron chi connectivity index (χ3n) is 2.85. The van der Waals surface area contributed by atoms with E-state index < -0.39 is 16.4 Å². The average molecular weight is 375 g/mol. The molecule has 21 heavy (non-hydrogen) atoms. The lowest BCUT2D eigenvalue weighted by Crippen LogP contribution is -2.03. The van der Waals surface area contributed by atoms with E-state index in [9.17, 15) is 14.5 Å². The molecule has 0 N–H and O–H groups in total. The Hall–Kier alpha value is -1.66. The lowest BCUT2D eigenvalue weighted by atomic mass is 10.2. The number of rotatable bonds is 5. The van der Waals surface area contributed by atoms with Crippen LogP contribution in [0.25, 0.3) is 0 Å². The Morgan fingerprint density at radius 2 is 2.00 bits per heavy atom. The number of halogens is 3. The number of nitrogens with zero attached hydrogens (tertiary/aromatic N) is 1. The maximum absolute atomic E-state index is 13.9. The zero-order chi connectivity index (χ0) is 15.4. The Labute approximate surface area is 133 Å². The standard InChI is InChI=1S/C14H10BrClFNO3/c15-7-10-11(16)4-2-6-13(10)21-8-9-3-1-5-12(14(9)17)18(19)20/h1-6H,7-8H2. The van der Waals surface area contributed by atoms with Gasteiger partial charge in [-0.05, 0) is 12.1 Å². The zero-order valence-corrected chi connectivity index (χ0v) is 13.0. The summed E-state index contributed by atoms with van der Waals surface area (Å²) < 4.78 is 19.5. The second-order valence-corrected chi connectivity index (χ2v) is 5.11. The van der Waals surface area contributed by atoms with Gasteiger partial charge in [0, 0.05) is 27.5 Å². The summed E-state index contributed by atoms with van der Waals surface area (Å²) in [6.45, 7) is -0.117. The number of benzene rings is 2. The van der Waals surface area contributed by atoms with Crippen LogP contribution in [0.4, 0.5) is 10.1 Å². The fourth-order valence-corrected chi connectivity index (χ4v) is 2.75. The van der Waals surface area contributed by atoms with Gasteiger partial charge in [0.2, 0.25) is 5.82 Å². The van der Waals surface area contributed by atoms with E-state index in [1.807, 2.05) is 0 Å². The van der Waals surface area contributed by atoms with E-state index in [1.165, 1.54) is 12.1 Å². The lowest BCUT2D eigenvalue weighted by molar-refractivity contribution is -0.387. The van der Waals surface area contributed by atoms with Crippen molar-refractivity contribution in [3.63, 3.8) is 0 Å². The minimum Gasteiger partial charge on any atom is -0.488 e. The second-order valence-electron chi connectivity index (χ2n) is 4.15. The largest absolute Gasteiger partial charge is 0.488 e. The van der Waals surface area contributed by atoms with Gasteiger partial charge in [-0.2, -0.15) is 4.39 Å². The Morgan fingerprint density at radius 3 is 2.67 bits per heavy atom. The van der Waals surface area contributed by atoms with E-state index in [0.29, 0.717) is 16.1 Å². The van der Waals surface area contributed by atoms with Gasteiger partial charge in [-0.3, -0.25) is 10.1 Å². The number of hydrogen-bond donors (Lipinski definition) is 0. The summed E-state index contributed by atoms with van der Waals surface area (Å²) in [4.78, 5) is 9.93. The van der Waals surface area contributed by atoms with E-state index >= 15 is 0 Å². The summed E-state index contributed by atoms with van der Waals surface area (Å²) in [5.41, 5.74) is 0.289. The number of ether oxygens (including phenoxy) is 1. The molecule has 0 atom stereocenters. The minimum absolute atomic E-state index is 0.115. The molecule has 7 heteroatoms. The summed E-state index contributed by atoms with van der Waals surface area (Å²) in [5, 5.41) is 11.7. The van der Waals surface area contributed by atoms with Crippen molar-refractivity contribution in [3.05, 3.63) is 68.5 Å². The van der Waals surface area contributed by atoms with E-state index in [1.54, 1.807) is 18.2 Å². The smallest absolute Gasteiger partial charge is 0.305 e. The van der Waals surface area contributed by atoms with Gasteiger partial charge < -0.3 is 4.74 Å². The Balaban J connectivity index is 2.23. The van der Waals surface area contributed by atoms with E-state index in [2.05, 4.69) is 15.9 Å². The van der Waals surface area contributed by atoms with Crippen LogP contribution >= 0.6 is 27.5 Å². The van der Waals surface area contributed by atoms with Gasteiger partial charge in [0.25, 0.3) is 0 Å². The number of alkyl halides is 1. The first-order valence-corrected chi connectivity index (χ1v) is 7.42. The first-order chi connectivity index (χ1) is 10.0. The lowest BCUT2D eigenvalue weighted by Gasteiger charge is -2.11.